The lowest BCUT2D eigenvalue weighted by Crippen LogP contribution is -2.05. The van der Waals surface area contributed by atoms with E-state index in [1.807, 2.05) is 0 Å². The zero-order chi connectivity index (χ0) is 16.8. The molecule has 0 radical (unpaired) electrons. The van der Waals surface area contributed by atoms with Gasteiger partial charge in [-0.2, -0.15) is 0 Å². The van der Waals surface area contributed by atoms with Gasteiger partial charge >= 0.3 is 11.9 Å². The molecule has 2 rings (SSSR count). The molecule has 2 aromatic carbocycles. The average molecular weight is 312 g/mol. The van der Waals surface area contributed by atoms with Crippen LogP contribution in [0.5, 0.6) is 11.5 Å². The molecule has 0 atom stereocenters. The summed E-state index contributed by atoms with van der Waals surface area (Å²) in [5.74, 6) is -0.0470. The molecule has 0 aliphatic rings. The number of carbonyl (C=O) groups excluding carboxylic acids is 2. The lowest BCUT2D eigenvalue weighted by Gasteiger charge is -2.09. The van der Waals surface area contributed by atoms with Crippen molar-refractivity contribution in [1.29, 1.82) is 0 Å². The quantitative estimate of drug-likeness (QED) is 0.625. The fraction of sp³-hybridized carbons (Fsp3) is 0.263. The molecule has 0 saturated carbocycles. The largest absolute Gasteiger partial charge is 0.427 e. The summed E-state index contributed by atoms with van der Waals surface area (Å²) in [6.07, 6.45) is 1.61. The summed E-state index contributed by atoms with van der Waals surface area (Å²) < 4.78 is 10.2. The third kappa shape index (κ3) is 5.58. The fourth-order valence-corrected chi connectivity index (χ4v) is 2.27. The van der Waals surface area contributed by atoms with E-state index in [4.69, 9.17) is 9.47 Å². The molecule has 0 saturated heterocycles. The van der Waals surface area contributed by atoms with E-state index < -0.39 is 11.9 Å². The SMILES string of the molecule is CC(=O)Oc1cc(CCc2ccc(C)cc2)cc(OC(C)=O)c1. The Morgan fingerprint density at radius 2 is 1.26 bits per heavy atom. The van der Waals surface area contributed by atoms with Gasteiger partial charge in [0.15, 0.2) is 0 Å². The van der Waals surface area contributed by atoms with Gasteiger partial charge in [-0.25, -0.2) is 0 Å². The van der Waals surface area contributed by atoms with Gasteiger partial charge < -0.3 is 9.47 Å². The minimum Gasteiger partial charge on any atom is -0.427 e. The molecular weight excluding hydrogens is 292 g/mol. The van der Waals surface area contributed by atoms with E-state index in [0.717, 1.165) is 18.4 Å². The Bertz CT molecular complexity index is 668. The molecule has 0 aliphatic heterocycles. The highest BCUT2D eigenvalue weighted by molar-refractivity contribution is 5.71. The standard InChI is InChI=1S/C19H20O4/c1-13-4-6-16(7-5-13)8-9-17-10-18(22-14(2)20)12-19(11-17)23-15(3)21/h4-7,10-12H,8-9H2,1-3H3. The molecule has 0 fully saturated rings. The summed E-state index contributed by atoms with van der Waals surface area (Å²) >= 11 is 0. The maximum absolute atomic E-state index is 11.1. The van der Waals surface area contributed by atoms with Gasteiger partial charge in [0, 0.05) is 19.9 Å². The molecule has 120 valence electrons. The van der Waals surface area contributed by atoms with Crippen LogP contribution in [0.4, 0.5) is 0 Å². The molecule has 0 amide bonds. The first-order valence-electron chi connectivity index (χ1n) is 7.49. The van der Waals surface area contributed by atoms with Crippen molar-refractivity contribution in [3.05, 3.63) is 59.2 Å². The monoisotopic (exact) mass is 312 g/mol. The van der Waals surface area contributed by atoms with E-state index in [-0.39, 0.29) is 0 Å². The predicted octanol–water partition coefficient (Wildman–Crippen LogP) is 3.63. The first-order chi connectivity index (χ1) is 10.9. The molecular formula is C19H20O4. The van der Waals surface area contributed by atoms with E-state index in [1.54, 1.807) is 12.1 Å². The second-order valence-corrected chi connectivity index (χ2v) is 5.49. The van der Waals surface area contributed by atoms with Gasteiger partial charge in [0.2, 0.25) is 0 Å². The molecule has 4 nitrogen and oxygen atoms in total. The molecule has 0 aromatic heterocycles. The van der Waals surface area contributed by atoms with Crippen molar-refractivity contribution in [3.63, 3.8) is 0 Å². The maximum atomic E-state index is 11.1. The lowest BCUT2D eigenvalue weighted by molar-refractivity contribution is -0.132. The van der Waals surface area contributed by atoms with Crippen LogP contribution in [0.15, 0.2) is 42.5 Å². The first-order valence-corrected chi connectivity index (χ1v) is 7.49. The summed E-state index contributed by atoms with van der Waals surface area (Å²) in [7, 11) is 0. The average Bonchev–Trinajstić information content (AvgIpc) is 2.45. The van der Waals surface area contributed by atoms with Crippen molar-refractivity contribution in [2.75, 3.05) is 0 Å². The number of esters is 2. The lowest BCUT2D eigenvalue weighted by atomic mass is 10.0. The molecule has 2 aromatic rings. The van der Waals surface area contributed by atoms with Crippen LogP contribution in [-0.4, -0.2) is 11.9 Å². The van der Waals surface area contributed by atoms with Crippen LogP contribution in [0.1, 0.15) is 30.5 Å². The van der Waals surface area contributed by atoms with Crippen LogP contribution in [0.3, 0.4) is 0 Å². The Labute approximate surface area is 136 Å². The number of hydrogen-bond acceptors (Lipinski definition) is 4. The van der Waals surface area contributed by atoms with E-state index in [2.05, 4.69) is 31.2 Å². The fourth-order valence-electron chi connectivity index (χ4n) is 2.27. The molecule has 0 spiro atoms. The van der Waals surface area contributed by atoms with Gasteiger partial charge in [-0.1, -0.05) is 29.8 Å². The van der Waals surface area contributed by atoms with Gasteiger partial charge in [-0.3, -0.25) is 9.59 Å². The second kappa shape index (κ2) is 7.58. The van der Waals surface area contributed by atoms with E-state index in [1.165, 1.54) is 31.0 Å². The topological polar surface area (TPSA) is 52.6 Å². The van der Waals surface area contributed by atoms with Crippen LogP contribution >= 0.6 is 0 Å². The van der Waals surface area contributed by atoms with Crippen LogP contribution in [0.25, 0.3) is 0 Å². The number of carbonyl (C=O) groups is 2. The summed E-state index contributed by atoms with van der Waals surface area (Å²) in [6, 6.07) is 13.5. The van der Waals surface area contributed by atoms with Gasteiger partial charge in [-0.15, -0.1) is 0 Å². The third-order valence-corrected chi connectivity index (χ3v) is 3.29. The zero-order valence-corrected chi connectivity index (χ0v) is 13.6. The Balaban J connectivity index is 2.16. The Morgan fingerprint density at radius 3 is 1.74 bits per heavy atom. The van der Waals surface area contributed by atoms with Crippen molar-refractivity contribution in [2.45, 2.75) is 33.6 Å². The molecule has 0 aliphatic carbocycles. The van der Waals surface area contributed by atoms with Crippen molar-refractivity contribution in [2.24, 2.45) is 0 Å². The van der Waals surface area contributed by atoms with Gasteiger partial charge in [0.1, 0.15) is 11.5 Å². The zero-order valence-electron chi connectivity index (χ0n) is 13.6. The van der Waals surface area contributed by atoms with E-state index in [9.17, 15) is 9.59 Å². The van der Waals surface area contributed by atoms with Crippen molar-refractivity contribution in [1.82, 2.24) is 0 Å². The highest BCUT2D eigenvalue weighted by Crippen LogP contribution is 2.24. The van der Waals surface area contributed by atoms with Crippen molar-refractivity contribution < 1.29 is 19.1 Å². The van der Waals surface area contributed by atoms with Crippen molar-refractivity contribution >= 4 is 11.9 Å². The molecule has 4 heteroatoms. The molecule has 23 heavy (non-hydrogen) atoms. The predicted molar refractivity (Wildman–Crippen MR) is 87.6 cm³/mol. The van der Waals surface area contributed by atoms with Crippen LogP contribution < -0.4 is 9.47 Å². The minimum absolute atomic E-state index is 0.384. The van der Waals surface area contributed by atoms with Crippen LogP contribution in [0, 0.1) is 6.92 Å². The molecule has 0 bridgehead atoms. The molecule has 0 unspecified atom stereocenters. The highest BCUT2D eigenvalue weighted by Gasteiger charge is 2.07. The summed E-state index contributed by atoms with van der Waals surface area (Å²) in [5, 5.41) is 0. The van der Waals surface area contributed by atoms with Crippen molar-refractivity contribution in [3.8, 4) is 11.5 Å². The highest BCUT2D eigenvalue weighted by atomic mass is 16.5. The van der Waals surface area contributed by atoms with Crippen LogP contribution in [0.2, 0.25) is 0 Å². The van der Waals surface area contributed by atoms with Crippen LogP contribution in [-0.2, 0) is 22.4 Å². The summed E-state index contributed by atoms with van der Waals surface area (Å²) in [4.78, 5) is 22.3. The third-order valence-electron chi connectivity index (χ3n) is 3.29. The Kier molecular flexibility index (Phi) is 5.52. The van der Waals surface area contributed by atoms with E-state index >= 15 is 0 Å². The normalized spacial score (nSPS) is 10.2. The number of ether oxygens (including phenoxy) is 2. The number of aryl methyl sites for hydroxylation is 3. The van der Waals surface area contributed by atoms with E-state index in [0.29, 0.717) is 11.5 Å². The minimum atomic E-state index is -0.408. The number of rotatable bonds is 5. The summed E-state index contributed by atoms with van der Waals surface area (Å²) in [6.45, 7) is 4.73. The molecule has 0 heterocycles. The van der Waals surface area contributed by atoms with Gasteiger partial charge in [0.25, 0.3) is 0 Å². The first kappa shape index (κ1) is 16.7. The Hall–Kier alpha value is -2.62. The number of hydrogen-bond donors (Lipinski definition) is 0. The smallest absolute Gasteiger partial charge is 0.308 e. The Morgan fingerprint density at radius 1 is 0.783 bits per heavy atom. The van der Waals surface area contributed by atoms with Gasteiger partial charge in [0.05, 0.1) is 0 Å². The second-order valence-electron chi connectivity index (χ2n) is 5.49. The molecule has 0 N–H and O–H groups in total. The van der Waals surface area contributed by atoms with Gasteiger partial charge in [-0.05, 0) is 43.0 Å². The summed E-state index contributed by atoms with van der Waals surface area (Å²) in [5.41, 5.74) is 3.39. The number of benzene rings is 2. The maximum Gasteiger partial charge on any atom is 0.308 e.